The maximum Gasteiger partial charge on any atom is 0.253 e. The Balaban J connectivity index is 1.95. The van der Waals surface area contributed by atoms with E-state index < -0.39 is 0 Å². The summed E-state index contributed by atoms with van der Waals surface area (Å²) in [5.41, 5.74) is 0.733. The van der Waals surface area contributed by atoms with Gasteiger partial charge >= 0.3 is 0 Å². The molecular formula is C19H31N3O2. The summed E-state index contributed by atoms with van der Waals surface area (Å²) in [6.45, 7) is 8.21. The van der Waals surface area contributed by atoms with E-state index in [4.69, 9.17) is 4.74 Å². The Hall–Kier alpha value is -1.59. The van der Waals surface area contributed by atoms with Crippen LogP contribution in [0.5, 0.6) is 5.75 Å². The van der Waals surface area contributed by atoms with E-state index in [1.165, 1.54) is 0 Å². The minimum Gasteiger partial charge on any atom is -0.497 e. The van der Waals surface area contributed by atoms with Gasteiger partial charge in [0.05, 0.1) is 7.11 Å². The van der Waals surface area contributed by atoms with E-state index >= 15 is 0 Å². The molecule has 5 nitrogen and oxygen atoms in total. The van der Waals surface area contributed by atoms with E-state index in [1.54, 1.807) is 7.11 Å². The van der Waals surface area contributed by atoms with Crippen LogP contribution in [0, 0.1) is 0 Å². The molecule has 0 radical (unpaired) electrons. The van der Waals surface area contributed by atoms with Crippen molar-refractivity contribution in [2.45, 2.75) is 32.4 Å². The minimum atomic E-state index is 0.115. The summed E-state index contributed by atoms with van der Waals surface area (Å²) in [5.74, 6) is 0.892. The molecule has 1 aromatic rings. The lowest BCUT2D eigenvalue weighted by Gasteiger charge is -2.44. The van der Waals surface area contributed by atoms with Gasteiger partial charge in [0, 0.05) is 37.3 Å². The number of hydrogen-bond donors (Lipinski definition) is 0. The summed E-state index contributed by atoms with van der Waals surface area (Å²) in [6, 6.07) is 8.16. The monoisotopic (exact) mass is 333 g/mol. The third-order valence-corrected chi connectivity index (χ3v) is 4.75. The lowest BCUT2D eigenvalue weighted by Crippen LogP contribution is -2.58. The van der Waals surface area contributed by atoms with Crippen LogP contribution < -0.4 is 4.74 Å². The average molecular weight is 333 g/mol. The summed E-state index contributed by atoms with van der Waals surface area (Å²) >= 11 is 0. The molecule has 1 aromatic carbocycles. The van der Waals surface area contributed by atoms with Gasteiger partial charge in [0.2, 0.25) is 0 Å². The number of ether oxygens (including phenoxy) is 1. The second-order valence-corrected chi connectivity index (χ2v) is 7.03. The highest BCUT2D eigenvalue weighted by molar-refractivity contribution is 5.94. The Bertz CT molecular complexity index is 518. The van der Waals surface area contributed by atoms with Crippen LogP contribution in [-0.4, -0.2) is 80.1 Å². The number of benzene rings is 1. The molecule has 1 aliphatic rings. The lowest BCUT2D eigenvalue weighted by molar-refractivity contribution is 0.0295. The third kappa shape index (κ3) is 4.71. The fourth-order valence-electron chi connectivity index (χ4n) is 3.45. The van der Waals surface area contributed by atoms with Crippen LogP contribution in [0.1, 0.15) is 30.6 Å². The van der Waals surface area contributed by atoms with Crippen LogP contribution in [0.4, 0.5) is 0 Å². The van der Waals surface area contributed by atoms with Gasteiger partial charge in [0.15, 0.2) is 0 Å². The van der Waals surface area contributed by atoms with Crippen molar-refractivity contribution < 1.29 is 9.53 Å². The van der Waals surface area contributed by atoms with Gasteiger partial charge in [-0.25, -0.2) is 0 Å². The van der Waals surface area contributed by atoms with Crippen LogP contribution in [-0.2, 0) is 0 Å². The fourth-order valence-corrected chi connectivity index (χ4v) is 3.45. The highest BCUT2D eigenvalue weighted by Crippen LogP contribution is 2.19. The van der Waals surface area contributed by atoms with Crippen LogP contribution in [0.3, 0.4) is 0 Å². The Morgan fingerprint density at radius 1 is 1.17 bits per heavy atom. The van der Waals surface area contributed by atoms with E-state index in [9.17, 15) is 4.79 Å². The fraction of sp³-hybridized carbons (Fsp3) is 0.632. The van der Waals surface area contributed by atoms with E-state index in [1.807, 2.05) is 29.2 Å². The van der Waals surface area contributed by atoms with Gasteiger partial charge in [-0.1, -0.05) is 0 Å². The molecule has 2 rings (SSSR count). The molecule has 0 aromatic heterocycles. The molecule has 0 N–H and O–H groups in total. The first kappa shape index (κ1) is 18.7. The van der Waals surface area contributed by atoms with Crippen LogP contribution in [0.2, 0.25) is 0 Å². The summed E-state index contributed by atoms with van der Waals surface area (Å²) in [6.07, 6.45) is 1.16. The van der Waals surface area contributed by atoms with Crippen molar-refractivity contribution in [3.05, 3.63) is 29.8 Å². The maximum atomic E-state index is 12.8. The minimum absolute atomic E-state index is 0.115. The molecular weight excluding hydrogens is 302 g/mol. The topological polar surface area (TPSA) is 36.0 Å². The van der Waals surface area contributed by atoms with E-state index in [0.717, 1.165) is 43.9 Å². The number of carbonyl (C=O) groups excluding carboxylic acids is 1. The van der Waals surface area contributed by atoms with Gasteiger partial charge in [-0.3, -0.25) is 9.69 Å². The zero-order valence-corrected chi connectivity index (χ0v) is 15.7. The van der Waals surface area contributed by atoms with Crippen molar-refractivity contribution in [3.8, 4) is 5.75 Å². The first-order valence-corrected chi connectivity index (χ1v) is 8.76. The zero-order chi connectivity index (χ0) is 17.7. The van der Waals surface area contributed by atoms with Crippen molar-refractivity contribution in [2.24, 2.45) is 0 Å². The van der Waals surface area contributed by atoms with Gasteiger partial charge in [0.1, 0.15) is 5.75 Å². The Morgan fingerprint density at radius 3 is 2.25 bits per heavy atom. The Labute approximate surface area is 146 Å². The maximum absolute atomic E-state index is 12.8. The van der Waals surface area contributed by atoms with Gasteiger partial charge in [-0.15, -0.1) is 0 Å². The largest absolute Gasteiger partial charge is 0.497 e. The first-order chi connectivity index (χ1) is 11.4. The predicted octanol–water partition coefficient (Wildman–Crippen LogP) is 2.18. The van der Waals surface area contributed by atoms with Crippen molar-refractivity contribution in [2.75, 3.05) is 47.4 Å². The number of carbonyl (C=O) groups is 1. The molecule has 0 saturated carbocycles. The number of nitrogens with zero attached hydrogens (tertiary/aromatic N) is 3. The molecule has 24 heavy (non-hydrogen) atoms. The first-order valence-electron chi connectivity index (χ1n) is 8.76. The Morgan fingerprint density at radius 2 is 1.75 bits per heavy atom. The molecule has 1 heterocycles. The smallest absolute Gasteiger partial charge is 0.253 e. The second kappa shape index (κ2) is 8.49. The molecule has 2 atom stereocenters. The molecule has 0 aliphatic carbocycles. The standard InChI is InChI=1S/C19H31N3O2/c1-15-13-21(14-16(2)22(15)12-6-11-20(3)4)19(23)17-7-9-18(24-5)10-8-17/h7-10,15-16H,6,11-14H2,1-5H3. The number of methoxy groups -OCH3 is 1. The molecule has 134 valence electrons. The van der Waals surface area contributed by atoms with Gasteiger partial charge in [-0.05, 0) is 65.2 Å². The molecule has 0 spiro atoms. The van der Waals surface area contributed by atoms with Gasteiger partial charge in [-0.2, -0.15) is 0 Å². The SMILES string of the molecule is COc1ccc(C(=O)N2CC(C)N(CCCN(C)C)C(C)C2)cc1. The molecule has 5 heteroatoms. The van der Waals surface area contributed by atoms with Crippen molar-refractivity contribution in [3.63, 3.8) is 0 Å². The highest BCUT2D eigenvalue weighted by Gasteiger charge is 2.31. The molecule has 1 saturated heterocycles. The number of amides is 1. The summed E-state index contributed by atoms with van der Waals surface area (Å²) < 4.78 is 5.16. The third-order valence-electron chi connectivity index (χ3n) is 4.75. The number of hydrogen-bond acceptors (Lipinski definition) is 4. The van der Waals surface area contributed by atoms with Gasteiger partial charge < -0.3 is 14.5 Å². The van der Waals surface area contributed by atoms with Crippen LogP contribution in [0.25, 0.3) is 0 Å². The Kier molecular flexibility index (Phi) is 6.63. The zero-order valence-electron chi connectivity index (χ0n) is 15.7. The van der Waals surface area contributed by atoms with Crippen molar-refractivity contribution in [1.82, 2.24) is 14.7 Å². The van der Waals surface area contributed by atoms with Gasteiger partial charge in [0.25, 0.3) is 5.91 Å². The van der Waals surface area contributed by atoms with Crippen molar-refractivity contribution in [1.29, 1.82) is 0 Å². The molecule has 0 bridgehead atoms. The van der Waals surface area contributed by atoms with E-state index in [0.29, 0.717) is 12.1 Å². The average Bonchev–Trinajstić information content (AvgIpc) is 2.56. The molecule has 1 amide bonds. The van der Waals surface area contributed by atoms with Crippen molar-refractivity contribution >= 4 is 5.91 Å². The predicted molar refractivity (Wildman–Crippen MR) is 97.7 cm³/mol. The van der Waals surface area contributed by atoms with E-state index in [2.05, 4.69) is 37.7 Å². The molecule has 1 fully saturated rings. The summed E-state index contributed by atoms with van der Waals surface area (Å²) in [5, 5.41) is 0. The van der Waals surface area contributed by atoms with E-state index in [-0.39, 0.29) is 5.91 Å². The molecule has 2 unspecified atom stereocenters. The number of rotatable bonds is 6. The van der Waals surface area contributed by atoms with Crippen LogP contribution in [0.15, 0.2) is 24.3 Å². The second-order valence-electron chi connectivity index (χ2n) is 7.03. The lowest BCUT2D eigenvalue weighted by atomic mass is 10.1. The quantitative estimate of drug-likeness (QED) is 0.799. The van der Waals surface area contributed by atoms with Crippen LogP contribution >= 0.6 is 0 Å². The number of piperazine rings is 1. The summed E-state index contributed by atoms with van der Waals surface area (Å²) in [4.78, 5) is 19.5. The highest BCUT2D eigenvalue weighted by atomic mass is 16.5. The summed E-state index contributed by atoms with van der Waals surface area (Å²) in [7, 11) is 5.85. The normalized spacial score (nSPS) is 22.0. The molecule has 1 aliphatic heterocycles.